The van der Waals surface area contributed by atoms with Crippen LogP contribution in [0.3, 0.4) is 0 Å². The van der Waals surface area contributed by atoms with E-state index in [1.807, 2.05) is 21.1 Å². The number of phosphoric ester groups is 1. The minimum atomic E-state index is -4.38. The third-order valence-electron chi connectivity index (χ3n) is 10.3. The summed E-state index contributed by atoms with van der Waals surface area (Å²) < 4.78 is 34.3. The topological polar surface area (TPSA) is 108 Å². The van der Waals surface area contributed by atoms with E-state index in [1.54, 1.807) is 0 Å². The summed E-state index contributed by atoms with van der Waals surface area (Å²) in [5, 5.41) is 0. The van der Waals surface area contributed by atoms with Gasteiger partial charge in [0.1, 0.15) is 19.8 Å². The van der Waals surface area contributed by atoms with Gasteiger partial charge in [0.2, 0.25) is 0 Å². The predicted molar refractivity (Wildman–Crippen MR) is 256 cm³/mol. The molecule has 2 atom stereocenters. The Labute approximate surface area is 375 Å². The zero-order chi connectivity index (χ0) is 45.0. The molecule has 9 nitrogen and oxygen atoms in total. The van der Waals surface area contributed by atoms with Crippen LogP contribution < -0.4 is 0 Å². The number of carbonyl (C=O) groups is 2. The molecule has 0 radical (unpaired) electrons. The summed E-state index contributed by atoms with van der Waals surface area (Å²) in [5.41, 5.74) is 0. The van der Waals surface area contributed by atoms with Gasteiger partial charge in [-0.05, 0) is 57.8 Å². The number of hydrogen-bond acceptors (Lipinski definition) is 7. The van der Waals surface area contributed by atoms with Gasteiger partial charge in [-0.1, -0.05) is 190 Å². The fourth-order valence-electron chi connectivity index (χ4n) is 6.51. The fourth-order valence-corrected chi connectivity index (χ4v) is 7.25. The molecule has 0 spiro atoms. The summed E-state index contributed by atoms with van der Waals surface area (Å²) in [4.78, 5) is 35.4. The molecule has 0 fully saturated rings. The number of rotatable bonds is 44. The van der Waals surface area contributed by atoms with Crippen LogP contribution in [0.5, 0.6) is 0 Å². The largest absolute Gasteiger partial charge is 0.472 e. The first-order valence-corrected chi connectivity index (χ1v) is 26.0. The van der Waals surface area contributed by atoms with Crippen LogP contribution in [0.15, 0.2) is 60.8 Å². The van der Waals surface area contributed by atoms with E-state index < -0.39 is 26.5 Å². The third-order valence-corrected chi connectivity index (χ3v) is 11.3. The highest BCUT2D eigenvalue weighted by atomic mass is 31.2. The first-order valence-electron chi connectivity index (χ1n) is 24.5. The van der Waals surface area contributed by atoms with E-state index in [-0.39, 0.29) is 32.0 Å². The van der Waals surface area contributed by atoms with Crippen molar-refractivity contribution < 1.29 is 42.1 Å². The average Bonchev–Trinajstić information content (AvgIpc) is 3.21. The van der Waals surface area contributed by atoms with E-state index >= 15 is 0 Å². The molecular formula is C51H93NO8P+. The molecule has 0 aromatic heterocycles. The first-order chi connectivity index (χ1) is 29.5. The zero-order valence-corrected chi connectivity index (χ0v) is 40.8. The van der Waals surface area contributed by atoms with Crippen molar-refractivity contribution in [2.45, 2.75) is 206 Å². The molecule has 0 bridgehead atoms. The van der Waals surface area contributed by atoms with E-state index in [0.29, 0.717) is 17.4 Å². The van der Waals surface area contributed by atoms with Gasteiger partial charge in [-0.3, -0.25) is 18.6 Å². The van der Waals surface area contributed by atoms with Gasteiger partial charge in [-0.25, -0.2) is 4.57 Å². The zero-order valence-electron chi connectivity index (χ0n) is 39.9. The molecule has 61 heavy (non-hydrogen) atoms. The normalized spacial score (nSPS) is 14.0. The van der Waals surface area contributed by atoms with Crippen molar-refractivity contribution >= 4 is 19.8 Å². The maximum absolute atomic E-state index is 12.7. The number of unbranched alkanes of at least 4 members (excludes halogenated alkanes) is 20. The SMILES string of the molecule is CC/C=C\C/C=C\C/C=C\C/C=C\C/C=C\CCCCCCCCCCCCCC(=O)OC(COC(=O)CCCCCCCCCCCC)COP(=O)(O)OCC[N+](C)(C)C. The van der Waals surface area contributed by atoms with E-state index in [2.05, 4.69) is 74.6 Å². The number of carbonyl (C=O) groups excluding carboxylic acids is 2. The number of hydrogen-bond donors (Lipinski definition) is 1. The van der Waals surface area contributed by atoms with Crippen molar-refractivity contribution in [3.8, 4) is 0 Å². The van der Waals surface area contributed by atoms with Crippen LogP contribution in [-0.2, 0) is 32.7 Å². The molecule has 0 aliphatic rings. The van der Waals surface area contributed by atoms with E-state index in [9.17, 15) is 19.0 Å². The lowest BCUT2D eigenvalue weighted by atomic mass is 10.0. The minimum absolute atomic E-state index is 0.0303. The van der Waals surface area contributed by atoms with Crippen LogP contribution in [0.2, 0.25) is 0 Å². The van der Waals surface area contributed by atoms with Crippen LogP contribution in [-0.4, -0.2) is 74.9 Å². The van der Waals surface area contributed by atoms with Gasteiger partial charge in [0, 0.05) is 12.8 Å². The maximum atomic E-state index is 12.7. The van der Waals surface area contributed by atoms with Crippen LogP contribution in [0.25, 0.3) is 0 Å². The van der Waals surface area contributed by atoms with Crippen LogP contribution in [0.4, 0.5) is 0 Å². The Morgan fingerprint density at radius 1 is 0.525 bits per heavy atom. The number of esters is 2. The first kappa shape index (κ1) is 58.7. The smallest absolute Gasteiger partial charge is 0.462 e. The summed E-state index contributed by atoms with van der Waals surface area (Å²) in [6.07, 6.45) is 52.8. The monoisotopic (exact) mass is 879 g/mol. The van der Waals surface area contributed by atoms with Gasteiger partial charge in [0.25, 0.3) is 0 Å². The Morgan fingerprint density at radius 3 is 1.39 bits per heavy atom. The molecule has 2 unspecified atom stereocenters. The van der Waals surface area contributed by atoms with Crippen molar-refractivity contribution in [1.29, 1.82) is 0 Å². The van der Waals surface area contributed by atoms with Crippen molar-refractivity contribution in [1.82, 2.24) is 0 Å². The van der Waals surface area contributed by atoms with Gasteiger partial charge in [0.05, 0.1) is 27.7 Å². The second kappa shape index (κ2) is 43.0. The summed E-state index contributed by atoms with van der Waals surface area (Å²) in [6, 6.07) is 0. The van der Waals surface area contributed by atoms with Gasteiger partial charge in [0.15, 0.2) is 6.10 Å². The standard InChI is InChI=1S/C51H92NO8P/c1-6-8-10-12-14-16-18-19-20-21-22-23-24-25-26-27-28-29-30-31-32-33-34-36-38-40-42-44-51(54)60-49(48-59-61(55,56)58-46-45-52(3,4)5)47-57-50(53)43-41-39-37-35-17-15-13-11-9-7-2/h8,10,14,16,19-20,22-23,25-26,49H,6-7,9,11-13,15,17-18,21,24,27-48H2,1-5H3/p+1/b10-8-,16-14-,20-19-,23-22-,26-25-. The van der Waals surface area contributed by atoms with Gasteiger partial charge in [-0.2, -0.15) is 0 Å². The van der Waals surface area contributed by atoms with Gasteiger partial charge in [-0.15, -0.1) is 0 Å². The molecular weight excluding hydrogens is 786 g/mol. The van der Waals surface area contributed by atoms with Gasteiger partial charge >= 0.3 is 19.8 Å². The molecule has 0 aliphatic carbocycles. The molecule has 10 heteroatoms. The fraction of sp³-hybridized carbons (Fsp3) is 0.765. The molecule has 354 valence electrons. The van der Waals surface area contributed by atoms with Crippen molar-refractivity contribution in [3.63, 3.8) is 0 Å². The Kier molecular flexibility index (Phi) is 41.4. The molecule has 0 heterocycles. The molecule has 0 aromatic carbocycles. The lowest BCUT2D eigenvalue weighted by molar-refractivity contribution is -0.870. The molecule has 0 rings (SSSR count). The van der Waals surface area contributed by atoms with Crippen LogP contribution in [0, 0.1) is 0 Å². The quantitative estimate of drug-likeness (QED) is 0.0212. The molecule has 0 amide bonds. The number of likely N-dealkylation sites (N-methyl/N-ethyl adjacent to an activating group) is 1. The Bertz CT molecular complexity index is 1220. The second-order valence-corrected chi connectivity index (χ2v) is 18.9. The lowest BCUT2D eigenvalue weighted by Gasteiger charge is -2.24. The molecule has 1 N–H and O–H groups in total. The summed E-state index contributed by atoms with van der Waals surface area (Å²) >= 11 is 0. The number of phosphoric acid groups is 1. The van der Waals surface area contributed by atoms with Crippen molar-refractivity contribution in [2.24, 2.45) is 0 Å². The molecule has 0 aromatic rings. The van der Waals surface area contributed by atoms with Crippen molar-refractivity contribution in [3.05, 3.63) is 60.8 Å². The molecule has 0 saturated heterocycles. The highest BCUT2D eigenvalue weighted by Gasteiger charge is 2.27. The number of allylic oxidation sites excluding steroid dienone is 10. The molecule has 0 saturated carbocycles. The van der Waals surface area contributed by atoms with Crippen LogP contribution in [0.1, 0.15) is 200 Å². The summed E-state index contributed by atoms with van der Waals surface area (Å²) in [7, 11) is 1.47. The molecule has 0 aliphatic heterocycles. The third kappa shape index (κ3) is 47.0. The summed E-state index contributed by atoms with van der Waals surface area (Å²) in [5.74, 6) is -0.802. The number of ether oxygens (including phenoxy) is 2. The minimum Gasteiger partial charge on any atom is -0.462 e. The second-order valence-electron chi connectivity index (χ2n) is 17.5. The Morgan fingerprint density at radius 2 is 0.934 bits per heavy atom. The van der Waals surface area contributed by atoms with E-state index in [1.165, 1.54) is 96.3 Å². The highest BCUT2D eigenvalue weighted by Crippen LogP contribution is 2.43. The number of quaternary nitrogens is 1. The Balaban J connectivity index is 4.16. The van der Waals surface area contributed by atoms with Crippen molar-refractivity contribution in [2.75, 3.05) is 47.5 Å². The van der Waals surface area contributed by atoms with E-state index in [0.717, 1.165) is 70.6 Å². The average molecular weight is 879 g/mol. The maximum Gasteiger partial charge on any atom is 0.472 e. The predicted octanol–water partition coefficient (Wildman–Crippen LogP) is 14.4. The Hall–Kier alpha value is -2.29. The van der Waals surface area contributed by atoms with E-state index in [4.69, 9.17) is 18.5 Å². The van der Waals surface area contributed by atoms with Gasteiger partial charge < -0.3 is 18.9 Å². The lowest BCUT2D eigenvalue weighted by Crippen LogP contribution is -2.37. The number of nitrogens with zero attached hydrogens (tertiary/aromatic N) is 1. The van der Waals surface area contributed by atoms with Crippen LogP contribution >= 0.6 is 7.82 Å². The summed E-state index contributed by atoms with van der Waals surface area (Å²) in [6.45, 7) is 4.29. The highest BCUT2D eigenvalue weighted by molar-refractivity contribution is 7.47.